The first-order valence-corrected chi connectivity index (χ1v) is 7.75. The lowest BCUT2D eigenvalue weighted by atomic mass is 9.91. The van der Waals surface area contributed by atoms with Crippen LogP contribution in [-0.2, 0) is 9.59 Å². The molecule has 1 saturated heterocycles. The summed E-state index contributed by atoms with van der Waals surface area (Å²) in [5.74, 6) is 0.346. The Labute approximate surface area is 123 Å². The second kappa shape index (κ2) is 6.15. The van der Waals surface area contributed by atoms with Crippen LogP contribution < -0.4 is 0 Å². The summed E-state index contributed by atoms with van der Waals surface area (Å²) in [5.41, 5.74) is 0. The molecule has 4 heteroatoms. The molecule has 4 atom stereocenters. The van der Waals surface area contributed by atoms with Crippen LogP contribution in [0.1, 0.15) is 55.4 Å². The van der Waals surface area contributed by atoms with Crippen LogP contribution in [0.25, 0.3) is 0 Å². The molecule has 0 aliphatic carbocycles. The molecule has 0 aromatic carbocycles. The van der Waals surface area contributed by atoms with Gasteiger partial charge in [0.15, 0.2) is 0 Å². The average molecular weight is 282 g/mol. The zero-order valence-electron chi connectivity index (χ0n) is 14.2. The van der Waals surface area contributed by atoms with Crippen LogP contribution in [0.3, 0.4) is 0 Å². The zero-order chi connectivity index (χ0) is 15.8. The van der Waals surface area contributed by atoms with E-state index in [0.29, 0.717) is 0 Å². The molecule has 0 radical (unpaired) electrons. The molecule has 0 N–H and O–H groups in total. The Hall–Kier alpha value is -1.06. The Morgan fingerprint density at radius 1 is 0.650 bits per heavy atom. The Morgan fingerprint density at radius 2 is 0.850 bits per heavy atom. The summed E-state index contributed by atoms with van der Waals surface area (Å²) in [6, 6.07) is 0.218. The van der Waals surface area contributed by atoms with E-state index in [0.717, 1.165) is 0 Å². The normalized spacial score (nSPS) is 31.1. The van der Waals surface area contributed by atoms with Gasteiger partial charge in [-0.05, 0) is 27.7 Å². The molecule has 0 aromatic heterocycles. The standard InChI is InChI=1S/C16H30N2O2/c1-9(2)15(19)17-11(5)13(7)18(14(8)12(17)6)16(20)10(3)4/h9-14H,1-8H3. The van der Waals surface area contributed by atoms with Crippen molar-refractivity contribution < 1.29 is 9.59 Å². The van der Waals surface area contributed by atoms with Crippen LogP contribution in [0.4, 0.5) is 0 Å². The summed E-state index contributed by atoms with van der Waals surface area (Å²) in [4.78, 5) is 28.8. The van der Waals surface area contributed by atoms with Gasteiger partial charge in [-0.15, -0.1) is 0 Å². The number of rotatable bonds is 2. The third kappa shape index (κ3) is 2.84. The van der Waals surface area contributed by atoms with E-state index in [4.69, 9.17) is 0 Å². The van der Waals surface area contributed by atoms with Gasteiger partial charge < -0.3 is 9.80 Å². The third-order valence-electron chi connectivity index (χ3n) is 4.65. The van der Waals surface area contributed by atoms with E-state index >= 15 is 0 Å². The largest absolute Gasteiger partial charge is 0.333 e. The first-order chi connectivity index (χ1) is 9.11. The molecule has 1 heterocycles. The Balaban J connectivity index is 3.08. The lowest BCUT2D eigenvalue weighted by Gasteiger charge is -2.53. The molecule has 0 spiro atoms. The molecule has 0 bridgehead atoms. The second-order valence-corrected chi connectivity index (χ2v) is 6.76. The summed E-state index contributed by atoms with van der Waals surface area (Å²) in [5, 5.41) is 0. The van der Waals surface area contributed by atoms with E-state index in [1.807, 2.05) is 65.2 Å². The van der Waals surface area contributed by atoms with Crippen molar-refractivity contribution in [2.45, 2.75) is 79.6 Å². The molecular weight excluding hydrogens is 252 g/mol. The molecule has 116 valence electrons. The zero-order valence-corrected chi connectivity index (χ0v) is 14.2. The third-order valence-corrected chi connectivity index (χ3v) is 4.65. The highest BCUT2D eigenvalue weighted by Crippen LogP contribution is 2.29. The predicted molar refractivity (Wildman–Crippen MR) is 81.2 cm³/mol. The molecule has 0 saturated carbocycles. The van der Waals surface area contributed by atoms with Gasteiger partial charge in [-0.1, -0.05) is 27.7 Å². The van der Waals surface area contributed by atoms with Crippen molar-refractivity contribution in [1.29, 1.82) is 0 Å². The van der Waals surface area contributed by atoms with Gasteiger partial charge in [-0.25, -0.2) is 0 Å². The number of amides is 2. The monoisotopic (exact) mass is 282 g/mol. The highest BCUT2D eigenvalue weighted by molar-refractivity contribution is 5.81. The van der Waals surface area contributed by atoms with Crippen molar-refractivity contribution in [3.8, 4) is 0 Å². The maximum Gasteiger partial charge on any atom is 0.225 e. The van der Waals surface area contributed by atoms with Crippen LogP contribution in [0.15, 0.2) is 0 Å². The molecule has 1 aliphatic rings. The number of piperazine rings is 1. The summed E-state index contributed by atoms with van der Waals surface area (Å²) >= 11 is 0. The van der Waals surface area contributed by atoms with E-state index in [9.17, 15) is 9.59 Å². The van der Waals surface area contributed by atoms with Crippen molar-refractivity contribution >= 4 is 11.8 Å². The van der Waals surface area contributed by atoms with Gasteiger partial charge in [0.1, 0.15) is 0 Å². The van der Waals surface area contributed by atoms with Gasteiger partial charge in [0.05, 0.1) is 0 Å². The van der Waals surface area contributed by atoms with Crippen LogP contribution in [-0.4, -0.2) is 45.8 Å². The first-order valence-electron chi connectivity index (χ1n) is 7.75. The van der Waals surface area contributed by atoms with Crippen LogP contribution in [0, 0.1) is 11.8 Å². The minimum atomic E-state index is -0.00773. The van der Waals surface area contributed by atoms with Crippen molar-refractivity contribution in [2.75, 3.05) is 0 Å². The topological polar surface area (TPSA) is 40.6 Å². The highest BCUT2D eigenvalue weighted by atomic mass is 16.2. The fraction of sp³-hybridized carbons (Fsp3) is 0.875. The van der Waals surface area contributed by atoms with Crippen LogP contribution >= 0.6 is 0 Å². The number of carbonyl (C=O) groups excluding carboxylic acids is 2. The smallest absolute Gasteiger partial charge is 0.225 e. The lowest BCUT2D eigenvalue weighted by molar-refractivity contribution is -0.159. The second-order valence-electron chi connectivity index (χ2n) is 6.76. The Morgan fingerprint density at radius 3 is 1.00 bits per heavy atom. The van der Waals surface area contributed by atoms with Gasteiger partial charge in [0.2, 0.25) is 11.8 Å². The summed E-state index contributed by atoms with van der Waals surface area (Å²) < 4.78 is 0. The number of hydrogen-bond donors (Lipinski definition) is 0. The first kappa shape index (κ1) is 17.0. The van der Waals surface area contributed by atoms with Gasteiger partial charge in [0, 0.05) is 36.0 Å². The summed E-state index contributed by atoms with van der Waals surface area (Å²) in [6.45, 7) is 15.9. The van der Waals surface area contributed by atoms with E-state index in [2.05, 4.69) is 0 Å². The Kier molecular flexibility index (Phi) is 5.22. The molecule has 1 rings (SSSR count). The van der Waals surface area contributed by atoms with Crippen LogP contribution in [0.5, 0.6) is 0 Å². The minimum Gasteiger partial charge on any atom is -0.333 e. The summed E-state index contributed by atoms with van der Waals surface area (Å²) in [7, 11) is 0. The molecule has 4 unspecified atom stereocenters. The average Bonchev–Trinajstić information content (AvgIpc) is 2.36. The molecule has 1 fully saturated rings. The van der Waals surface area contributed by atoms with E-state index < -0.39 is 0 Å². The van der Waals surface area contributed by atoms with Crippen molar-refractivity contribution in [1.82, 2.24) is 9.80 Å². The fourth-order valence-corrected chi connectivity index (χ4v) is 3.07. The SMILES string of the molecule is CC(C)C(=O)N1C(C)C(C)N(C(=O)C(C)C)C(C)C1C. The highest BCUT2D eigenvalue weighted by Gasteiger charge is 2.44. The van der Waals surface area contributed by atoms with Gasteiger partial charge >= 0.3 is 0 Å². The Bertz CT molecular complexity index is 327. The maximum atomic E-state index is 12.4. The lowest BCUT2D eigenvalue weighted by Crippen LogP contribution is -2.68. The number of nitrogens with zero attached hydrogens (tertiary/aromatic N) is 2. The van der Waals surface area contributed by atoms with Gasteiger partial charge in [-0.2, -0.15) is 0 Å². The number of hydrogen-bond acceptors (Lipinski definition) is 2. The van der Waals surface area contributed by atoms with Crippen molar-refractivity contribution in [3.63, 3.8) is 0 Å². The van der Waals surface area contributed by atoms with Crippen molar-refractivity contribution in [2.24, 2.45) is 11.8 Å². The minimum absolute atomic E-state index is 0.00773. The maximum absolute atomic E-state index is 12.4. The quantitative estimate of drug-likeness (QED) is 0.781. The van der Waals surface area contributed by atoms with Gasteiger partial charge in [-0.3, -0.25) is 9.59 Å². The van der Waals surface area contributed by atoms with Gasteiger partial charge in [0.25, 0.3) is 0 Å². The summed E-state index contributed by atoms with van der Waals surface area (Å²) in [6.07, 6.45) is 0. The number of carbonyl (C=O) groups is 2. The molecule has 2 amide bonds. The predicted octanol–water partition coefficient (Wildman–Crippen LogP) is 2.52. The molecule has 1 aliphatic heterocycles. The van der Waals surface area contributed by atoms with E-state index in [1.165, 1.54) is 0 Å². The van der Waals surface area contributed by atoms with E-state index in [1.54, 1.807) is 0 Å². The molecular formula is C16H30N2O2. The molecule has 20 heavy (non-hydrogen) atoms. The molecule has 4 nitrogen and oxygen atoms in total. The van der Waals surface area contributed by atoms with Crippen LogP contribution in [0.2, 0.25) is 0 Å². The molecule has 0 aromatic rings. The van der Waals surface area contributed by atoms with E-state index in [-0.39, 0.29) is 47.8 Å². The fourth-order valence-electron chi connectivity index (χ4n) is 3.07. The van der Waals surface area contributed by atoms with Crippen molar-refractivity contribution in [3.05, 3.63) is 0 Å².